The van der Waals surface area contributed by atoms with Crippen molar-refractivity contribution in [3.05, 3.63) is 35.9 Å². The maximum absolute atomic E-state index is 12.6. The first kappa shape index (κ1) is 20.5. The van der Waals surface area contributed by atoms with Crippen LogP contribution >= 0.6 is 0 Å². The summed E-state index contributed by atoms with van der Waals surface area (Å²) in [4.78, 5) is 63.1. The van der Waals surface area contributed by atoms with Gasteiger partial charge in [0.1, 0.15) is 12.6 Å². The Morgan fingerprint density at radius 3 is 2.38 bits per heavy atom. The van der Waals surface area contributed by atoms with Crippen molar-refractivity contribution >= 4 is 29.7 Å². The molecule has 1 atom stereocenters. The predicted molar refractivity (Wildman–Crippen MR) is 100 cm³/mol. The molecule has 0 unspecified atom stereocenters. The molecule has 3 rings (SSSR count). The molecule has 154 valence electrons. The Bertz CT molecular complexity index is 819. The summed E-state index contributed by atoms with van der Waals surface area (Å²) in [6.07, 6.45) is 3.28. The van der Waals surface area contributed by atoms with E-state index in [1.807, 2.05) is 6.07 Å². The molecule has 0 radical (unpaired) electrons. The Balaban J connectivity index is 1.66. The Labute approximate surface area is 168 Å². The van der Waals surface area contributed by atoms with E-state index >= 15 is 0 Å². The molecule has 1 saturated heterocycles. The number of hydrogen-bond acceptors (Lipinski definition) is 6. The highest BCUT2D eigenvalue weighted by atomic mass is 16.5. The first-order valence-electron chi connectivity index (χ1n) is 9.52. The second-order valence-electron chi connectivity index (χ2n) is 7.12. The number of esters is 1. The van der Waals surface area contributed by atoms with Crippen molar-refractivity contribution in [2.45, 2.75) is 44.2 Å². The minimum absolute atomic E-state index is 0.189. The fourth-order valence-corrected chi connectivity index (χ4v) is 3.72. The predicted octanol–water partition coefficient (Wildman–Crippen LogP) is 0.620. The van der Waals surface area contributed by atoms with E-state index in [-0.39, 0.29) is 12.5 Å². The van der Waals surface area contributed by atoms with E-state index in [1.54, 1.807) is 24.3 Å². The summed E-state index contributed by atoms with van der Waals surface area (Å²) in [6, 6.07) is 6.97. The minimum Gasteiger partial charge on any atom is -0.467 e. The lowest BCUT2D eigenvalue weighted by atomic mass is 10.1. The standard InChI is InChI=1S/C20H23N3O6/c1-29-19(27)15(11-13-7-3-2-4-8-13)21-16(24)12-22-17(25)18(26)23(20(22)28)14-9-5-6-10-14/h2-4,7-8,14-15H,5-6,9-12H2,1H3,(H,21,24)/t15-/m1/s1. The molecule has 29 heavy (non-hydrogen) atoms. The summed E-state index contributed by atoms with van der Waals surface area (Å²) in [7, 11) is 1.21. The Morgan fingerprint density at radius 1 is 1.10 bits per heavy atom. The summed E-state index contributed by atoms with van der Waals surface area (Å²) >= 11 is 0. The average molecular weight is 401 g/mol. The number of amides is 5. The van der Waals surface area contributed by atoms with Crippen molar-refractivity contribution in [2.75, 3.05) is 13.7 Å². The zero-order chi connectivity index (χ0) is 21.0. The molecule has 0 spiro atoms. The highest BCUT2D eigenvalue weighted by Gasteiger charge is 2.48. The van der Waals surface area contributed by atoms with Crippen LogP contribution in [0.5, 0.6) is 0 Å². The largest absolute Gasteiger partial charge is 0.467 e. The smallest absolute Gasteiger partial charge is 0.334 e. The molecule has 2 fully saturated rings. The van der Waals surface area contributed by atoms with Crippen molar-refractivity contribution in [3.8, 4) is 0 Å². The van der Waals surface area contributed by atoms with Gasteiger partial charge in [-0.2, -0.15) is 0 Å². The first-order valence-corrected chi connectivity index (χ1v) is 9.52. The number of carbonyl (C=O) groups excluding carboxylic acids is 5. The molecule has 1 aromatic rings. The molecule has 1 aromatic carbocycles. The van der Waals surface area contributed by atoms with Gasteiger partial charge in [0.2, 0.25) is 5.91 Å². The molecule has 1 saturated carbocycles. The van der Waals surface area contributed by atoms with Crippen molar-refractivity contribution in [3.63, 3.8) is 0 Å². The van der Waals surface area contributed by atoms with E-state index < -0.39 is 42.3 Å². The molecule has 0 aromatic heterocycles. The summed E-state index contributed by atoms with van der Waals surface area (Å²) < 4.78 is 4.74. The van der Waals surface area contributed by atoms with Gasteiger partial charge in [-0.3, -0.25) is 19.3 Å². The van der Waals surface area contributed by atoms with Crippen LogP contribution in [0.2, 0.25) is 0 Å². The molecule has 1 aliphatic heterocycles. The fourth-order valence-electron chi connectivity index (χ4n) is 3.72. The second-order valence-corrected chi connectivity index (χ2v) is 7.12. The molecule has 0 bridgehead atoms. The van der Waals surface area contributed by atoms with Gasteiger partial charge in [-0.1, -0.05) is 43.2 Å². The van der Waals surface area contributed by atoms with E-state index in [0.29, 0.717) is 17.7 Å². The van der Waals surface area contributed by atoms with E-state index in [1.165, 1.54) is 7.11 Å². The maximum Gasteiger partial charge on any atom is 0.334 e. The fraction of sp³-hybridized carbons (Fsp3) is 0.450. The number of ether oxygens (including phenoxy) is 1. The molecule has 9 nitrogen and oxygen atoms in total. The monoisotopic (exact) mass is 401 g/mol. The van der Waals surface area contributed by atoms with Crippen molar-refractivity contribution in [2.24, 2.45) is 0 Å². The lowest BCUT2D eigenvalue weighted by Crippen LogP contribution is -2.48. The number of hydrogen-bond donors (Lipinski definition) is 1. The highest BCUT2D eigenvalue weighted by Crippen LogP contribution is 2.27. The van der Waals surface area contributed by atoms with Crippen LogP contribution in [0.3, 0.4) is 0 Å². The summed E-state index contributed by atoms with van der Waals surface area (Å²) in [6.45, 7) is -0.630. The zero-order valence-electron chi connectivity index (χ0n) is 16.1. The van der Waals surface area contributed by atoms with Gasteiger partial charge < -0.3 is 10.1 Å². The van der Waals surface area contributed by atoms with Crippen LogP contribution in [-0.4, -0.2) is 65.3 Å². The first-order chi connectivity index (χ1) is 13.9. The molecule has 1 heterocycles. The van der Waals surface area contributed by atoms with E-state index in [9.17, 15) is 24.0 Å². The number of nitrogens with zero attached hydrogens (tertiary/aromatic N) is 2. The number of nitrogens with one attached hydrogen (secondary N) is 1. The van der Waals surface area contributed by atoms with Crippen LogP contribution in [0.4, 0.5) is 4.79 Å². The van der Waals surface area contributed by atoms with Gasteiger partial charge in [0.25, 0.3) is 0 Å². The van der Waals surface area contributed by atoms with Crippen LogP contribution in [0.25, 0.3) is 0 Å². The normalized spacial score (nSPS) is 18.3. The van der Waals surface area contributed by atoms with Gasteiger partial charge in [0.05, 0.1) is 7.11 Å². The van der Waals surface area contributed by atoms with E-state index in [2.05, 4.69) is 5.32 Å². The van der Waals surface area contributed by atoms with Crippen molar-refractivity contribution in [1.82, 2.24) is 15.1 Å². The third kappa shape index (κ3) is 4.44. The van der Waals surface area contributed by atoms with Crippen LogP contribution in [0.15, 0.2) is 30.3 Å². The molecule has 1 N–H and O–H groups in total. The number of carbonyl (C=O) groups is 5. The van der Waals surface area contributed by atoms with Gasteiger partial charge >= 0.3 is 23.8 Å². The van der Waals surface area contributed by atoms with Crippen LogP contribution in [0.1, 0.15) is 31.2 Å². The average Bonchev–Trinajstić information content (AvgIpc) is 3.31. The maximum atomic E-state index is 12.6. The second kappa shape index (κ2) is 8.85. The third-order valence-electron chi connectivity index (χ3n) is 5.18. The summed E-state index contributed by atoms with van der Waals surface area (Å²) in [5, 5.41) is 2.49. The van der Waals surface area contributed by atoms with Crippen molar-refractivity contribution in [1.29, 1.82) is 0 Å². The molecule has 2 aliphatic rings. The summed E-state index contributed by atoms with van der Waals surface area (Å²) in [5.74, 6) is -3.29. The molecule has 5 amide bonds. The molecular formula is C20H23N3O6. The molecule has 9 heteroatoms. The van der Waals surface area contributed by atoms with Crippen LogP contribution < -0.4 is 5.32 Å². The third-order valence-corrected chi connectivity index (χ3v) is 5.18. The van der Waals surface area contributed by atoms with Gasteiger partial charge in [-0.15, -0.1) is 0 Å². The summed E-state index contributed by atoms with van der Waals surface area (Å²) in [5.41, 5.74) is 0.805. The minimum atomic E-state index is -1.02. The van der Waals surface area contributed by atoms with Crippen LogP contribution in [-0.2, 0) is 30.3 Å². The zero-order valence-corrected chi connectivity index (χ0v) is 16.1. The van der Waals surface area contributed by atoms with Gasteiger partial charge in [-0.25, -0.2) is 14.5 Å². The van der Waals surface area contributed by atoms with E-state index in [4.69, 9.17) is 4.74 Å². The Hall–Kier alpha value is -3.23. The Kier molecular flexibility index (Phi) is 6.26. The number of urea groups is 1. The van der Waals surface area contributed by atoms with Crippen LogP contribution in [0, 0.1) is 0 Å². The number of imide groups is 2. The molecular weight excluding hydrogens is 378 g/mol. The topological polar surface area (TPSA) is 113 Å². The number of methoxy groups -OCH3 is 1. The highest BCUT2D eigenvalue weighted by molar-refractivity contribution is 6.45. The van der Waals surface area contributed by atoms with E-state index in [0.717, 1.165) is 23.3 Å². The van der Waals surface area contributed by atoms with Gasteiger partial charge in [0.15, 0.2) is 0 Å². The Morgan fingerprint density at radius 2 is 1.76 bits per heavy atom. The lowest BCUT2D eigenvalue weighted by molar-refractivity contribution is -0.146. The van der Waals surface area contributed by atoms with Gasteiger partial charge in [-0.05, 0) is 18.4 Å². The number of benzene rings is 1. The quantitative estimate of drug-likeness (QED) is 0.407. The van der Waals surface area contributed by atoms with Crippen molar-refractivity contribution < 1.29 is 28.7 Å². The lowest BCUT2D eigenvalue weighted by Gasteiger charge is -2.21. The SMILES string of the molecule is COC(=O)[C@@H](Cc1ccccc1)NC(=O)CN1C(=O)C(=O)N(C2CCCC2)C1=O. The molecule has 1 aliphatic carbocycles. The van der Waals surface area contributed by atoms with Gasteiger partial charge in [0, 0.05) is 12.5 Å². The number of rotatable bonds is 7.